The van der Waals surface area contributed by atoms with Gasteiger partial charge in [0.25, 0.3) is 0 Å². The molecule has 2 heterocycles. The molecule has 0 saturated carbocycles. The summed E-state index contributed by atoms with van der Waals surface area (Å²) in [4.78, 5) is 16.0. The van der Waals surface area contributed by atoms with E-state index in [1.54, 1.807) is 31.5 Å². The molecule has 1 aliphatic heterocycles. The van der Waals surface area contributed by atoms with Crippen molar-refractivity contribution in [1.29, 1.82) is 0 Å². The van der Waals surface area contributed by atoms with Gasteiger partial charge in [-0.3, -0.25) is 10.4 Å². The molecule has 1 atom stereocenters. The molecule has 3 aromatic rings. The number of nitrogens with one attached hydrogen (secondary N) is 2. The van der Waals surface area contributed by atoms with Crippen molar-refractivity contribution in [3.8, 4) is 11.5 Å². The monoisotopic (exact) mass is 532 g/mol. The number of hydrogen-bond donors (Lipinski definition) is 2. The number of thiocarbonyl (C=S) groups is 1. The van der Waals surface area contributed by atoms with Crippen molar-refractivity contribution in [3.05, 3.63) is 83.7 Å². The number of esters is 1. The van der Waals surface area contributed by atoms with E-state index in [0.717, 1.165) is 22.5 Å². The van der Waals surface area contributed by atoms with Gasteiger partial charge in [-0.1, -0.05) is 32.0 Å². The first-order valence-electron chi connectivity index (χ1n) is 12.5. The highest BCUT2D eigenvalue weighted by Crippen LogP contribution is 2.40. The van der Waals surface area contributed by atoms with Crippen LogP contribution >= 0.6 is 12.2 Å². The number of aromatic nitrogens is 1. The molecule has 198 valence electrons. The maximum atomic E-state index is 11.8. The number of nitrogens with zero attached hydrogens (tertiary/aromatic N) is 2. The molecule has 2 aromatic carbocycles. The molecule has 38 heavy (non-hydrogen) atoms. The fraction of sp³-hybridized carbons (Fsp3) is 0.310. The molecule has 0 saturated heterocycles. The molecule has 1 aromatic heterocycles. The van der Waals surface area contributed by atoms with Crippen LogP contribution in [0.15, 0.2) is 72.1 Å². The molecular weight excluding hydrogens is 500 g/mol. The highest BCUT2D eigenvalue weighted by atomic mass is 32.1. The zero-order valence-corrected chi connectivity index (χ0v) is 22.8. The Balaban J connectivity index is 1.57. The standard InChI is InChI=1S/C29H32N4O4S/c1-5-35-27(34)18-36-23-12-13-26-24(15-23)25(16-29(4,37-26)21-7-6-14-30-17-21)32-33-28(38)31-22-10-8-20(9-11-22)19(2)3/h6-15,17,19H,5,16,18H2,1-4H3,(H2,31,33,38)/b32-25-/t29-/m1/s1. The van der Waals surface area contributed by atoms with Crippen molar-refractivity contribution in [2.45, 2.75) is 45.6 Å². The summed E-state index contributed by atoms with van der Waals surface area (Å²) < 4.78 is 17.0. The summed E-state index contributed by atoms with van der Waals surface area (Å²) in [6, 6.07) is 17.4. The van der Waals surface area contributed by atoms with E-state index >= 15 is 0 Å². The topological polar surface area (TPSA) is 94.1 Å². The van der Waals surface area contributed by atoms with Gasteiger partial charge in [0.15, 0.2) is 11.7 Å². The third kappa shape index (κ3) is 6.66. The number of carbonyl (C=O) groups excluding carboxylic acids is 1. The van der Waals surface area contributed by atoms with Crippen molar-refractivity contribution >= 4 is 34.7 Å². The molecule has 0 amide bonds. The minimum atomic E-state index is -0.698. The Hall–Kier alpha value is -3.98. The third-order valence-corrected chi connectivity index (χ3v) is 6.36. The Bertz CT molecular complexity index is 1310. The second-order valence-electron chi connectivity index (χ2n) is 9.40. The second-order valence-corrected chi connectivity index (χ2v) is 9.81. The molecule has 1 aliphatic rings. The molecule has 9 heteroatoms. The fourth-order valence-electron chi connectivity index (χ4n) is 4.12. The SMILES string of the molecule is CCOC(=O)COc1ccc2c(c1)/C(=N\NC(=S)Nc1ccc(C(C)C)cc1)C[C@](C)(c1cccnc1)O2. The van der Waals surface area contributed by atoms with Gasteiger partial charge in [-0.25, -0.2) is 4.79 Å². The minimum absolute atomic E-state index is 0.185. The van der Waals surface area contributed by atoms with Gasteiger partial charge >= 0.3 is 5.97 Å². The van der Waals surface area contributed by atoms with Crippen LogP contribution in [0.25, 0.3) is 0 Å². The van der Waals surface area contributed by atoms with Crippen LogP contribution in [0.5, 0.6) is 11.5 Å². The largest absolute Gasteiger partial charge is 0.482 e. The molecule has 0 radical (unpaired) electrons. The van der Waals surface area contributed by atoms with E-state index in [4.69, 9.17) is 26.4 Å². The predicted molar refractivity (Wildman–Crippen MR) is 152 cm³/mol. The first-order valence-corrected chi connectivity index (χ1v) is 12.9. The number of hydrogen-bond acceptors (Lipinski definition) is 7. The zero-order valence-electron chi connectivity index (χ0n) is 22.0. The van der Waals surface area contributed by atoms with Gasteiger partial charge in [0, 0.05) is 35.6 Å². The molecule has 2 N–H and O–H groups in total. The highest BCUT2D eigenvalue weighted by molar-refractivity contribution is 7.80. The lowest BCUT2D eigenvalue weighted by molar-refractivity contribution is -0.145. The van der Waals surface area contributed by atoms with Gasteiger partial charge in [-0.05, 0) is 73.9 Å². The molecule has 8 nitrogen and oxygen atoms in total. The molecule has 0 unspecified atom stereocenters. The third-order valence-electron chi connectivity index (χ3n) is 6.16. The van der Waals surface area contributed by atoms with Crippen LogP contribution < -0.4 is 20.2 Å². The van der Waals surface area contributed by atoms with E-state index < -0.39 is 11.6 Å². The van der Waals surface area contributed by atoms with E-state index in [1.165, 1.54) is 5.56 Å². The van der Waals surface area contributed by atoms with Gasteiger partial charge in [0.05, 0.1) is 12.3 Å². The Morgan fingerprint density at radius 3 is 2.68 bits per heavy atom. The van der Waals surface area contributed by atoms with Crippen molar-refractivity contribution in [2.24, 2.45) is 5.10 Å². The lowest BCUT2D eigenvalue weighted by Crippen LogP contribution is -2.38. The number of rotatable bonds is 8. The summed E-state index contributed by atoms with van der Waals surface area (Å²) in [5.74, 6) is 1.16. The van der Waals surface area contributed by atoms with Gasteiger partial charge in [0.2, 0.25) is 0 Å². The second kappa shape index (κ2) is 12.0. The van der Waals surface area contributed by atoms with Crippen molar-refractivity contribution < 1.29 is 19.0 Å². The number of pyridine rings is 1. The van der Waals surface area contributed by atoms with Crippen LogP contribution in [0.1, 0.15) is 56.7 Å². The number of hydrazone groups is 1. The summed E-state index contributed by atoms with van der Waals surface area (Å²) in [5, 5.41) is 8.21. The number of carbonyl (C=O) groups is 1. The zero-order chi connectivity index (χ0) is 27.1. The van der Waals surface area contributed by atoms with Gasteiger partial charge in [-0.2, -0.15) is 5.10 Å². The lowest BCUT2D eigenvalue weighted by atomic mass is 9.86. The summed E-state index contributed by atoms with van der Waals surface area (Å²) in [5.41, 5.74) is 6.79. The van der Waals surface area contributed by atoms with Crippen molar-refractivity contribution in [1.82, 2.24) is 10.4 Å². The van der Waals surface area contributed by atoms with Gasteiger partial charge < -0.3 is 19.5 Å². The Morgan fingerprint density at radius 2 is 2.00 bits per heavy atom. The molecule has 0 fully saturated rings. The number of ether oxygens (including phenoxy) is 3. The molecule has 0 aliphatic carbocycles. The summed E-state index contributed by atoms with van der Waals surface area (Å²) in [7, 11) is 0. The number of anilines is 1. The van der Waals surface area contributed by atoms with Crippen molar-refractivity contribution in [3.63, 3.8) is 0 Å². The van der Waals surface area contributed by atoms with Gasteiger partial charge in [-0.15, -0.1) is 0 Å². The van der Waals surface area contributed by atoms with Crippen LogP contribution in [0.3, 0.4) is 0 Å². The summed E-state index contributed by atoms with van der Waals surface area (Å²) in [6.45, 7) is 8.18. The first kappa shape index (κ1) is 27.1. The maximum absolute atomic E-state index is 11.8. The number of fused-ring (bicyclic) bond motifs is 1. The fourth-order valence-corrected chi connectivity index (χ4v) is 4.28. The quantitative estimate of drug-likeness (QED) is 0.222. The lowest BCUT2D eigenvalue weighted by Gasteiger charge is -2.36. The Morgan fingerprint density at radius 1 is 1.21 bits per heavy atom. The normalized spacial score (nSPS) is 17.3. The first-order chi connectivity index (χ1) is 18.3. The van der Waals surface area contributed by atoms with Crippen LogP contribution in [-0.4, -0.2) is 35.0 Å². The van der Waals surface area contributed by atoms with Gasteiger partial charge in [0.1, 0.15) is 17.1 Å². The van der Waals surface area contributed by atoms with E-state index in [9.17, 15) is 4.79 Å². The number of benzene rings is 2. The van der Waals surface area contributed by atoms with E-state index in [0.29, 0.717) is 35.6 Å². The van der Waals surface area contributed by atoms with Crippen LogP contribution in [0.2, 0.25) is 0 Å². The predicted octanol–water partition coefficient (Wildman–Crippen LogP) is 5.54. The smallest absolute Gasteiger partial charge is 0.344 e. The Labute approximate surface area is 228 Å². The Kier molecular flexibility index (Phi) is 8.58. The average Bonchev–Trinajstić information content (AvgIpc) is 2.91. The van der Waals surface area contributed by atoms with Crippen LogP contribution in [-0.2, 0) is 15.1 Å². The highest BCUT2D eigenvalue weighted by Gasteiger charge is 2.37. The molecule has 4 rings (SSSR count). The summed E-state index contributed by atoms with van der Waals surface area (Å²) >= 11 is 5.51. The van der Waals surface area contributed by atoms with E-state index in [-0.39, 0.29) is 6.61 Å². The van der Waals surface area contributed by atoms with Crippen LogP contribution in [0, 0.1) is 0 Å². The molecular formula is C29H32N4O4S. The molecule has 0 spiro atoms. The average molecular weight is 533 g/mol. The van der Waals surface area contributed by atoms with E-state index in [1.807, 2.05) is 37.3 Å². The molecule has 0 bridgehead atoms. The minimum Gasteiger partial charge on any atom is -0.482 e. The maximum Gasteiger partial charge on any atom is 0.344 e. The summed E-state index contributed by atoms with van der Waals surface area (Å²) in [6.07, 6.45) is 3.97. The van der Waals surface area contributed by atoms with E-state index in [2.05, 4.69) is 46.8 Å². The van der Waals surface area contributed by atoms with Crippen LogP contribution in [0.4, 0.5) is 5.69 Å². The van der Waals surface area contributed by atoms with Crippen molar-refractivity contribution in [2.75, 3.05) is 18.5 Å².